The van der Waals surface area contributed by atoms with Gasteiger partial charge in [0.25, 0.3) is 5.91 Å². The Balaban J connectivity index is 2.07. The van der Waals surface area contributed by atoms with Gasteiger partial charge >= 0.3 is 0 Å². The van der Waals surface area contributed by atoms with Gasteiger partial charge in [-0.25, -0.2) is 0 Å². The maximum atomic E-state index is 11.8. The van der Waals surface area contributed by atoms with E-state index in [9.17, 15) is 4.79 Å². The molecular formula is C9H12N6OS. The molecule has 17 heavy (non-hydrogen) atoms. The second kappa shape index (κ2) is 4.91. The van der Waals surface area contributed by atoms with Crippen molar-refractivity contribution in [2.45, 2.75) is 6.92 Å². The molecule has 0 radical (unpaired) electrons. The van der Waals surface area contributed by atoms with Crippen LogP contribution in [0.25, 0.3) is 0 Å². The highest BCUT2D eigenvalue weighted by atomic mass is 32.1. The summed E-state index contributed by atoms with van der Waals surface area (Å²) in [5, 5.41) is 18.3. The lowest BCUT2D eigenvalue weighted by Crippen LogP contribution is -2.14. The molecule has 0 aliphatic carbocycles. The van der Waals surface area contributed by atoms with Gasteiger partial charge in [0.1, 0.15) is 5.82 Å². The smallest absolute Gasteiger partial charge is 0.287 e. The zero-order valence-electron chi connectivity index (χ0n) is 9.47. The number of hydrogen-bond acceptors (Lipinski definition) is 6. The summed E-state index contributed by atoms with van der Waals surface area (Å²) in [6.45, 7) is 2.70. The van der Waals surface area contributed by atoms with Gasteiger partial charge in [-0.15, -0.1) is 10.2 Å². The molecule has 0 aliphatic heterocycles. The molecule has 2 aromatic rings. The van der Waals surface area contributed by atoms with Crippen molar-refractivity contribution in [3.05, 3.63) is 17.3 Å². The van der Waals surface area contributed by atoms with Gasteiger partial charge < -0.3 is 10.6 Å². The predicted molar refractivity (Wildman–Crippen MR) is 65.2 cm³/mol. The summed E-state index contributed by atoms with van der Waals surface area (Å²) in [4.78, 5) is 11.8. The molecule has 0 aliphatic rings. The van der Waals surface area contributed by atoms with Crippen LogP contribution in [0.15, 0.2) is 12.3 Å². The van der Waals surface area contributed by atoms with Gasteiger partial charge in [0, 0.05) is 19.7 Å². The van der Waals surface area contributed by atoms with Crippen molar-refractivity contribution >= 4 is 28.2 Å². The van der Waals surface area contributed by atoms with Crippen LogP contribution >= 0.6 is 11.3 Å². The van der Waals surface area contributed by atoms with Crippen LogP contribution in [0, 0.1) is 0 Å². The highest BCUT2D eigenvalue weighted by Crippen LogP contribution is 2.16. The van der Waals surface area contributed by atoms with Crippen LogP contribution in [-0.4, -0.2) is 32.4 Å². The summed E-state index contributed by atoms with van der Waals surface area (Å²) in [6.07, 6.45) is 1.61. The highest BCUT2D eigenvalue weighted by Gasteiger charge is 2.13. The lowest BCUT2D eigenvalue weighted by Gasteiger charge is -2.01. The van der Waals surface area contributed by atoms with E-state index in [-0.39, 0.29) is 5.91 Å². The fourth-order valence-electron chi connectivity index (χ4n) is 1.20. The number of aryl methyl sites for hydroxylation is 1. The van der Waals surface area contributed by atoms with Gasteiger partial charge in [-0.05, 0) is 6.92 Å². The molecule has 0 saturated heterocycles. The number of nitrogens with one attached hydrogen (secondary N) is 2. The van der Waals surface area contributed by atoms with Crippen LogP contribution < -0.4 is 10.6 Å². The molecule has 90 valence electrons. The Bertz CT molecular complexity index is 519. The Labute approximate surface area is 102 Å². The van der Waals surface area contributed by atoms with Gasteiger partial charge in [0.05, 0.1) is 6.20 Å². The van der Waals surface area contributed by atoms with Crippen LogP contribution in [-0.2, 0) is 7.05 Å². The van der Waals surface area contributed by atoms with Crippen molar-refractivity contribution in [1.29, 1.82) is 0 Å². The minimum atomic E-state index is -0.282. The van der Waals surface area contributed by atoms with E-state index in [1.165, 1.54) is 11.3 Å². The molecule has 2 aromatic heterocycles. The van der Waals surface area contributed by atoms with Gasteiger partial charge in [0.15, 0.2) is 0 Å². The second-order valence-electron chi connectivity index (χ2n) is 3.24. The fourth-order valence-corrected chi connectivity index (χ4v) is 1.91. The zero-order valence-corrected chi connectivity index (χ0v) is 10.3. The molecule has 0 atom stereocenters. The number of amides is 1. The third-order valence-electron chi connectivity index (χ3n) is 2.01. The molecule has 2 heterocycles. The average molecular weight is 252 g/mol. The molecule has 0 saturated carbocycles. The Hall–Kier alpha value is -1.96. The Morgan fingerprint density at radius 3 is 3.00 bits per heavy atom. The summed E-state index contributed by atoms with van der Waals surface area (Å²) < 4.78 is 1.57. The van der Waals surface area contributed by atoms with Crippen molar-refractivity contribution in [3.63, 3.8) is 0 Å². The van der Waals surface area contributed by atoms with Crippen LogP contribution in [0.5, 0.6) is 0 Å². The van der Waals surface area contributed by atoms with Gasteiger partial charge in [-0.2, -0.15) is 5.10 Å². The number of carbonyl (C=O) groups excluding carboxylic acids is 1. The lowest BCUT2D eigenvalue weighted by atomic mass is 10.5. The normalized spacial score (nSPS) is 10.2. The zero-order chi connectivity index (χ0) is 12.3. The minimum Gasteiger partial charge on any atom is -0.360 e. The first kappa shape index (κ1) is 11.5. The number of carbonyl (C=O) groups is 1. The first-order chi connectivity index (χ1) is 8.20. The van der Waals surface area contributed by atoms with Crippen molar-refractivity contribution in [3.8, 4) is 0 Å². The monoisotopic (exact) mass is 252 g/mol. The first-order valence-corrected chi connectivity index (χ1v) is 5.89. The van der Waals surface area contributed by atoms with Crippen LogP contribution in [0.3, 0.4) is 0 Å². The number of nitrogens with zero attached hydrogens (tertiary/aromatic N) is 4. The Morgan fingerprint density at radius 2 is 2.35 bits per heavy atom. The van der Waals surface area contributed by atoms with E-state index in [2.05, 4.69) is 25.9 Å². The molecule has 7 nitrogen and oxygen atoms in total. The van der Waals surface area contributed by atoms with E-state index in [1.807, 2.05) is 6.92 Å². The van der Waals surface area contributed by atoms with Gasteiger partial charge in [-0.1, -0.05) is 11.3 Å². The van der Waals surface area contributed by atoms with Crippen molar-refractivity contribution in [2.75, 3.05) is 17.2 Å². The Kier molecular flexibility index (Phi) is 3.33. The summed E-state index contributed by atoms with van der Waals surface area (Å²) in [5.41, 5.74) is 0. The number of rotatable bonds is 4. The third-order valence-corrected chi connectivity index (χ3v) is 2.89. The molecule has 0 aromatic carbocycles. The molecule has 8 heteroatoms. The fraction of sp³-hybridized carbons (Fsp3) is 0.333. The molecule has 1 amide bonds. The van der Waals surface area contributed by atoms with Crippen LogP contribution in [0.4, 0.5) is 10.9 Å². The maximum absolute atomic E-state index is 11.8. The number of aromatic nitrogens is 4. The summed E-state index contributed by atoms with van der Waals surface area (Å²) in [5.74, 6) is 0.338. The van der Waals surface area contributed by atoms with E-state index in [0.717, 1.165) is 6.54 Å². The SMILES string of the molecule is CCNc1nnc(C(=O)Nc2ccnn2C)s1. The standard InChI is InChI=1S/C9H12N6OS/c1-3-10-9-14-13-8(17-9)7(16)12-6-4-5-11-15(6)2/h4-5H,3H2,1-2H3,(H,10,14)(H,12,16). The van der Waals surface area contributed by atoms with E-state index in [1.54, 1.807) is 24.0 Å². The number of anilines is 2. The predicted octanol–water partition coefficient (Wildman–Crippen LogP) is 0.956. The number of hydrogen-bond donors (Lipinski definition) is 2. The van der Waals surface area contributed by atoms with Crippen molar-refractivity contribution in [2.24, 2.45) is 7.05 Å². The molecule has 0 fully saturated rings. The molecular weight excluding hydrogens is 240 g/mol. The van der Waals surface area contributed by atoms with Crippen molar-refractivity contribution < 1.29 is 4.79 Å². The Morgan fingerprint density at radius 1 is 1.53 bits per heavy atom. The van der Waals surface area contributed by atoms with E-state index < -0.39 is 0 Å². The first-order valence-electron chi connectivity index (χ1n) is 5.07. The average Bonchev–Trinajstić information content (AvgIpc) is 2.90. The second-order valence-corrected chi connectivity index (χ2v) is 4.21. The maximum Gasteiger partial charge on any atom is 0.287 e. The van der Waals surface area contributed by atoms with Crippen molar-refractivity contribution in [1.82, 2.24) is 20.0 Å². The molecule has 2 rings (SSSR count). The van der Waals surface area contributed by atoms with E-state index in [4.69, 9.17) is 0 Å². The molecule has 2 N–H and O–H groups in total. The lowest BCUT2D eigenvalue weighted by molar-refractivity contribution is 0.102. The van der Waals surface area contributed by atoms with Crippen LogP contribution in [0.2, 0.25) is 0 Å². The van der Waals surface area contributed by atoms with Gasteiger partial charge in [0.2, 0.25) is 10.1 Å². The van der Waals surface area contributed by atoms with E-state index in [0.29, 0.717) is 16.0 Å². The molecule has 0 unspecified atom stereocenters. The minimum absolute atomic E-state index is 0.282. The molecule has 0 bridgehead atoms. The highest BCUT2D eigenvalue weighted by molar-refractivity contribution is 7.17. The largest absolute Gasteiger partial charge is 0.360 e. The summed E-state index contributed by atoms with van der Waals surface area (Å²) in [6, 6.07) is 1.71. The molecule has 0 spiro atoms. The van der Waals surface area contributed by atoms with Gasteiger partial charge in [-0.3, -0.25) is 9.48 Å². The topological polar surface area (TPSA) is 84.7 Å². The quantitative estimate of drug-likeness (QED) is 0.846. The third kappa shape index (κ3) is 2.59. The van der Waals surface area contributed by atoms with Crippen LogP contribution in [0.1, 0.15) is 16.7 Å². The summed E-state index contributed by atoms with van der Waals surface area (Å²) in [7, 11) is 1.75. The van der Waals surface area contributed by atoms with E-state index >= 15 is 0 Å². The summed E-state index contributed by atoms with van der Waals surface area (Å²) >= 11 is 1.22.